The number of piperidine rings is 1. The molecule has 0 aliphatic carbocycles. The summed E-state index contributed by atoms with van der Waals surface area (Å²) in [6.45, 7) is 5.93. The SMILES string of the molecule is CC(C)c1nsc(N2CCCC(NC(=O)c3cccnc3)C2)n1. The molecule has 0 saturated carbocycles. The molecule has 0 aromatic carbocycles. The van der Waals surface area contributed by atoms with Crippen molar-refractivity contribution in [2.75, 3.05) is 18.0 Å². The lowest BCUT2D eigenvalue weighted by atomic mass is 10.1. The van der Waals surface area contributed by atoms with Crippen molar-refractivity contribution >= 4 is 22.6 Å². The van der Waals surface area contributed by atoms with Crippen LogP contribution in [0.1, 0.15) is 48.8 Å². The number of nitrogens with one attached hydrogen (secondary N) is 1. The highest BCUT2D eigenvalue weighted by Crippen LogP contribution is 2.24. The van der Waals surface area contributed by atoms with Gasteiger partial charge in [-0.2, -0.15) is 4.37 Å². The number of amides is 1. The molecule has 0 bridgehead atoms. The van der Waals surface area contributed by atoms with Crippen LogP contribution in [0.15, 0.2) is 24.5 Å². The van der Waals surface area contributed by atoms with E-state index in [0.717, 1.165) is 36.9 Å². The van der Waals surface area contributed by atoms with Crippen molar-refractivity contribution in [1.29, 1.82) is 0 Å². The average Bonchev–Trinajstić information content (AvgIpc) is 3.06. The minimum absolute atomic E-state index is 0.0647. The molecular weight excluding hydrogens is 310 g/mol. The molecule has 122 valence electrons. The van der Waals surface area contributed by atoms with Crippen LogP contribution in [0.25, 0.3) is 0 Å². The smallest absolute Gasteiger partial charge is 0.253 e. The van der Waals surface area contributed by atoms with Gasteiger partial charge in [-0.25, -0.2) is 4.98 Å². The number of anilines is 1. The zero-order valence-corrected chi connectivity index (χ0v) is 14.2. The summed E-state index contributed by atoms with van der Waals surface area (Å²) in [6.07, 6.45) is 5.28. The molecule has 2 aromatic rings. The van der Waals surface area contributed by atoms with Gasteiger partial charge in [0, 0.05) is 49.0 Å². The molecule has 1 aliphatic rings. The number of hydrogen-bond donors (Lipinski definition) is 1. The van der Waals surface area contributed by atoms with Crippen molar-refractivity contribution in [3.05, 3.63) is 35.9 Å². The van der Waals surface area contributed by atoms with E-state index in [2.05, 4.69) is 38.4 Å². The molecule has 7 heteroatoms. The first-order valence-corrected chi connectivity index (χ1v) is 8.70. The summed E-state index contributed by atoms with van der Waals surface area (Å²) in [5.74, 6) is 1.17. The lowest BCUT2D eigenvalue weighted by Gasteiger charge is -2.32. The Bertz CT molecular complexity index is 658. The van der Waals surface area contributed by atoms with Gasteiger partial charge in [0.1, 0.15) is 5.82 Å². The van der Waals surface area contributed by atoms with Crippen LogP contribution in [0.4, 0.5) is 5.13 Å². The van der Waals surface area contributed by atoms with Crippen LogP contribution < -0.4 is 10.2 Å². The largest absolute Gasteiger partial charge is 0.347 e. The van der Waals surface area contributed by atoms with Gasteiger partial charge in [0.15, 0.2) is 0 Å². The Morgan fingerprint density at radius 3 is 3.04 bits per heavy atom. The van der Waals surface area contributed by atoms with E-state index in [0.29, 0.717) is 11.5 Å². The monoisotopic (exact) mass is 331 g/mol. The van der Waals surface area contributed by atoms with E-state index in [1.165, 1.54) is 11.5 Å². The van der Waals surface area contributed by atoms with Gasteiger partial charge in [0.05, 0.1) is 5.56 Å². The fourth-order valence-corrected chi connectivity index (χ4v) is 3.47. The van der Waals surface area contributed by atoms with E-state index in [1.54, 1.807) is 24.5 Å². The molecule has 0 spiro atoms. The van der Waals surface area contributed by atoms with Gasteiger partial charge in [-0.15, -0.1) is 0 Å². The number of rotatable bonds is 4. The van der Waals surface area contributed by atoms with E-state index in [-0.39, 0.29) is 11.9 Å². The highest BCUT2D eigenvalue weighted by molar-refractivity contribution is 7.09. The van der Waals surface area contributed by atoms with E-state index in [9.17, 15) is 4.79 Å². The van der Waals surface area contributed by atoms with Crippen LogP contribution in [0, 0.1) is 0 Å². The van der Waals surface area contributed by atoms with Gasteiger partial charge < -0.3 is 10.2 Å². The van der Waals surface area contributed by atoms with E-state index in [1.807, 2.05) is 0 Å². The molecule has 6 nitrogen and oxygen atoms in total. The Morgan fingerprint density at radius 1 is 1.48 bits per heavy atom. The first-order valence-electron chi connectivity index (χ1n) is 7.93. The Kier molecular flexibility index (Phi) is 4.85. The molecular formula is C16H21N5OS. The standard InChI is InChI=1S/C16H21N5OS/c1-11(2)14-19-16(23-20-14)21-8-4-6-13(10-21)18-15(22)12-5-3-7-17-9-12/h3,5,7,9,11,13H,4,6,8,10H2,1-2H3,(H,18,22). The molecule has 1 aliphatic heterocycles. The molecule has 3 heterocycles. The summed E-state index contributed by atoms with van der Waals surface area (Å²) in [5.41, 5.74) is 0.600. The quantitative estimate of drug-likeness (QED) is 0.932. The molecule has 1 atom stereocenters. The minimum atomic E-state index is -0.0647. The van der Waals surface area contributed by atoms with Crippen molar-refractivity contribution in [2.24, 2.45) is 0 Å². The van der Waals surface area contributed by atoms with Crippen LogP contribution in [0.3, 0.4) is 0 Å². The third kappa shape index (κ3) is 3.85. The Balaban J connectivity index is 1.62. The molecule has 1 fully saturated rings. The van der Waals surface area contributed by atoms with Gasteiger partial charge in [0.2, 0.25) is 5.13 Å². The van der Waals surface area contributed by atoms with Gasteiger partial charge in [0.25, 0.3) is 5.91 Å². The first-order chi connectivity index (χ1) is 11.1. The van der Waals surface area contributed by atoms with Crippen LogP contribution >= 0.6 is 11.5 Å². The zero-order chi connectivity index (χ0) is 16.2. The van der Waals surface area contributed by atoms with Gasteiger partial charge >= 0.3 is 0 Å². The fourth-order valence-electron chi connectivity index (χ4n) is 2.62. The molecule has 1 saturated heterocycles. The number of pyridine rings is 1. The van der Waals surface area contributed by atoms with Gasteiger partial charge in [-0.1, -0.05) is 13.8 Å². The topological polar surface area (TPSA) is 71.0 Å². The molecule has 2 aromatic heterocycles. The summed E-state index contributed by atoms with van der Waals surface area (Å²) in [4.78, 5) is 23.1. The molecule has 0 radical (unpaired) electrons. The third-order valence-electron chi connectivity index (χ3n) is 3.90. The summed E-state index contributed by atoms with van der Waals surface area (Å²) >= 11 is 1.44. The van der Waals surface area contributed by atoms with Gasteiger partial charge in [-0.3, -0.25) is 9.78 Å². The second kappa shape index (κ2) is 7.04. The van der Waals surface area contributed by atoms with Crippen LogP contribution in [-0.4, -0.2) is 39.4 Å². The maximum atomic E-state index is 12.3. The number of carbonyl (C=O) groups excluding carboxylic acids is 1. The second-order valence-corrected chi connectivity index (χ2v) is 6.82. The fraction of sp³-hybridized carbons (Fsp3) is 0.500. The predicted molar refractivity (Wildman–Crippen MR) is 90.9 cm³/mol. The maximum absolute atomic E-state index is 12.3. The number of aromatic nitrogens is 3. The van der Waals surface area contributed by atoms with Crippen molar-refractivity contribution in [3.63, 3.8) is 0 Å². The zero-order valence-electron chi connectivity index (χ0n) is 13.4. The van der Waals surface area contributed by atoms with Crippen molar-refractivity contribution in [1.82, 2.24) is 19.7 Å². The van der Waals surface area contributed by atoms with E-state index < -0.39 is 0 Å². The molecule has 1 N–H and O–H groups in total. The van der Waals surface area contributed by atoms with Crippen molar-refractivity contribution in [3.8, 4) is 0 Å². The average molecular weight is 331 g/mol. The van der Waals surface area contributed by atoms with Gasteiger partial charge in [-0.05, 0) is 25.0 Å². The highest BCUT2D eigenvalue weighted by atomic mass is 32.1. The number of nitrogens with zero attached hydrogens (tertiary/aromatic N) is 4. The molecule has 3 rings (SSSR count). The summed E-state index contributed by atoms with van der Waals surface area (Å²) in [5, 5.41) is 4.05. The Labute approximate surface area is 140 Å². The normalized spacial score (nSPS) is 18.2. The summed E-state index contributed by atoms with van der Waals surface area (Å²) < 4.78 is 4.42. The first kappa shape index (κ1) is 15.9. The number of hydrogen-bond acceptors (Lipinski definition) is 6. The van der Waals surface area contributed by atoms with Crippen LogP contribution in [0.2, 0.25) is 0 Å². The summed E-state index contributed by atoms with van der Waals surface area (Å²) in [7, 11) is 0. The molecule has 23 heavy (non-hydrogen) atoms. The van der Waals surface area contributed by atoms with E-state index >= 15 is 0 Å². The van der Waals surface area contributed by atoms with E-state index in [4.69, 9.17) is 0 Å². The second-order valence-electron chi connectivity index (χ2n) is 6.09. The lowest BCUT2D eigenvalue weighted by Crippen LogP contribution is -2.47. The molecule has 1 amide bonds. The maximum Gasteiger partial charge on any atom is 0.253 e. The lowest BCUT2D eigenvalue weighted by molar-refractivity contribution is 0.0933. The van der Waals surface area contributed by atoms with Crippen LogP contribution in [0.5, 0.6) is 0 Å². The van der Waals surface area contributed by atoms with Crippen molar-refractivity contribution in [2.45, 2.75) is 38.6 Å². The van der Waals surface area contributed by atoms with Crippen LogP contribution in [-0.2, 0) is 0 Å². The Hall–Kier alpha value is -2.02. The molecule has 1 unspecified atom stereocenters. The highest BCUT2D eigenvalue weighted by Gasteiger charge is 2.24. The summed E-state index contributed by atoms with van der Waals surface area (Å²) in [6, 6.07) is 3.68. The minimum Gasteiger partial charge on any atom is -0.347 e. The third-order valence-corrected chi connectivity index (χ3v) is 4.69. The predicted octanol–water partition coefficient (Wildman–Crippen LogP) is 2.46. The Morgan fingerprint density at radius 2 is 2.35 bits per heavy atom. The van der Waals surface area contributed by atoms with Crippen molar-refractivity contribution < 1.29 is 4.79 Å². The number of carbonyl (C=O) groups is 1.